The maximum Gasteiger partial charge on any atom is 0.0227 e. The van der Waals surface area contributed by atoms with Crippen LogP contribution in [0.1, 0.15) is 12.0 Å². The summed E-state index contributed by atoms with van der Waals surface area (Å²) in [4.78, 5) is 0. The Bertz CT molecular complexity index is 260. The first-order chi connectivity index (χ1) is 5.95. The molecule has 1 unspecified atom stereocenters. The molecule has 12 heavy (non-hydrogen) atoms. The van der Waals surface area contributed by atoms with Crippen LogP contribution in [0.4, 0.5) is 0 Å². The van der Waals surface area contributed by atoms with Crippen molar-refractivity contribution >= 4 is 6.08 Å². The molecule has 1 aliphatic rings. The Morgan fingerprint density at radius 3 is 2.75 bits per heavy atom. The Labute approximate surface area is 73.1 Å². The summed E-state index contributed by atoms with van der Waals surface area (Å²) in [7, 11) is 0. The zero-order valence-electron chi connectivity index (χ0n) is 7.03. The van der Waals surface area contributed by atoms with Crippen molar-refractivity contribution in [1.29, 1.82) is 0 Å². The highest BCUT2D eigenvalue weighted by molar-refractivity contribution is 5.48. The summed E-state index contributed by atoms with van der Waals surface area (Å²) in [5.74, 6) is 0. The van der Waals surface area contributed by atoms with E-state index in [9.17, 15) is 0 Å². The zero-order chi connectivity index (χ0) is 8.23. The minimum absolute atomic E-state index is 0.755. The van der Waals surface area contributed by atoms with Crippen molar-refractivity contribution in [2.24, 2.45) is 0 Å². The number of nitrogens with one attached hydrogen (secondary N) is 1. The van der Waals surface area contributed by atoms with Gasteiger partial charge in [-0.1, -0.05) is 42.5 Å². The molecule has 1 aromatic rings. The summed E-state index contributed by atoms with van der Waals surface area (Å²) >= 11 is 0. The Morgan fingerprint density at radius 2 is 2.08 bits per heavy atom. The van der Waals surface area contributed by atoms with Crippen LogP contribution in [0.15, 0.2) is 36.4 Å². The molecule has 1 aromatic carbocycles. The van der Waals surface area contributed by atoms with E-state index in [1.165, 1.54) is 12.1 Å². The van der Waals surface area contributed by atoms with E-state index >= 15 is 0 Å². The SMILES string of the molecule is C(=Cc1ccccc1)CC1CN1. The quantitative estimate of drug-likeness (QED) is 0.670. The van der Waals surface area contributed by atoms with Crippen LogP contribution in [0.25, 0.3) is 6.08 Å². The molecule has 1 nitrogen and oxygen atoms in total. The topological polar surface area (TPSA) is 21.9 Å². The molecule has 1 atom stereocenters. The van der Waals surface area contributed by atoms with E-state index in [1.54, 1.807) is 0 Å². The molecule has 1 fully saturated rings. The molecule has 1 aliphatic heterocycles. The van der Waals surface area contributed by atoms with Gasteiger partial charge in [-0.2, -0.15) is 0 Å². The highest BCUT2D eigenvalue weighted by Gasteiger charge is 2.16. The van der Waals surface area contributed by atoms with E-state index in [4.69, 9.17) is 0 Å². The summed E-state index contributed by atoms with van der Waals surface area (Å²) < 4.78 is 0. The van der Waals surface area contributed by atoms with Gasteiger partial charge in [-0.25, -0.2) is 0 Å². The van der Waals surface area contributed by atoms with Gasteiger partial charge in [-0.3, -0.25) is 0 Å². The Kier molecular flexibility index (Phi) is 2.23. The molecular weight excluding hydrogens is 146 g/mol. The molecule has 0 saturated carbocycles. The summed E-state index contributed by atoms with van der Waals surface area (Å²) in [5.41, 5.74) is 1.29. The maximum absolute atomic E-state index is 3.27. The van der Waals surface area contributed by atoms with E-state index in [2.05, 4.69) is 41.7 Å². The second-order valence-corrected chi connectivity index (χ2v) is 3.15. The largest absolute Gasteiger partial charge is 0.311 e. The van der Waals surface area contributed by atoms with Crippen LogP contribution in [-0.4, -0.2) is 12.6 Å². The number of rotatable bonds is 3. The van der Waals surface area contributed by atoms with Crippen LogP contribution in [-0.2, 0) is 0 Å². The third-order valence-corrected chi connectivity index (χ3v) is 2.02. The van der Waals surface area contributed by atoms with Gasteiger partial charge in [0.15, 0.2) is 0 Å². The van der Waals surface area contributed by atoms with Gasteiger partial charge in [0.2, 0.25) is 0 Å². The first kappa shape index (κ1) is 7.56. The summed E-state index contributed by atoms with van der Waals surface area (Å²) in [5, 5.41) is 3.27. The van der Waals surface area contributed by atoms with Crippen molar-refractivity contribution in [3.63, 3.8) is 0 Å². The van der Waals surface area contributed by atoms with Crippen molar-refractivity contribution in [2.45, 2.75) is 12.5 Å². The fourth-order valence-electron chi connectivity index (χ4n) is 1.18. The predicted molar refractivity (Wildman–Crippen MR) is 51.9 cm³/mol. The van der Waals surface area contributed by atoms with Crippen LogP contribution in [0, 0.1) is 0 Å². The van der Waals surface area contributed by atoms with Gasteiger partial charge in [0, 0.05) is 12.6 Å². The minimum Gasteiger partial charge on any atom is -0.311 e. The average molecular weight is 159 g/mol. The summed E-state index contributed by atoms with van der Waals surface area (Å²) in [6, 6.07) is 11.2. The Balaban J connectivity index is 1.89. The lowest BCUT2D eigenvalue weighted by Gasteiger charge is -1.90. The Hall–Kier alpha value is -1.08. The third-order valence-electron chi connectivity index (χ3n) is 2.02. The van der Waals surface area contributed by atoms with E-state index in [0.717, 1.165) is 12.5 Å². The molecule has 2 rings (SSSR count). The standard InChI is InChI=1S/C11H13N/c1-2-5-10(6-3-1)7-4-8-11-9-12-11/h1-7,11-12H,8-9H2. The molecule has 0 spiro atoms. The molecule has 1 heteroatoms. The van der Waals surface area contributed by atoms with Gasteiger partial charge in [-0.15, -0.1) is 0 Å². The maximum atomic E-state index is 3.27. The summed E-state index contributed by atoms with van der Waals surface area (Å²) in [6.07, 6.45) is 5.58. The predicted octanol–water partition coefficient (Wildman–Crippen LogP) is 2.06. The molecule has 1 N–H and O–H groups in total. The van der Waals surface area contributed by atoms with E-state index < -0.39 is 0 Å². The molecule has 0 amide bonds. The van der Waals surface area contributed by atoms with Crippen LogP contribution in [0.3, 0.4) is 0 Å². The first-order valence-corrected chi connectivity index (χ1v) is 4.40. The van der Waals surface area contributed by atoms with E-state index in [1.807, 2.05) is 6.07 Å². The molecule has 1 saturated heterocycles. The normalized spacial score (nSPS) is 21.5. The number of hydrogen-bond acceptors (Lipinski definition) is 1. The second kappa shape index (κ2) is 3.55. The average Bonchev–Trinajstić information content (AvgIpc) is 2.90. The number of benzene rings is 1. The van der Waals surface area contributed by atoms with Crippen molar-refractivity contribution in [2.75, 3.05) is 6.54 Å². The van der Waals surface area contributed by atoms with Gasteiger partial charge in [-0.05, 0) is 12.0 Å². The fraction of sp³-hybridized carbons (Fsp3) is 0.273. The van der Waals surface area contributed by atoms with Crippen molar-refractivity contribution in [3.8, 4) is 0 Å². The first-order valence-electron chi connectivity index (χ1n) is 4.40. The van der Waals surface area contributed by atoms with Gasteiger partial charge in [0.1, 0.15) is 0 Å². The van der Waals surface area contributed by atoms with Crippen LogP contribution < -0.4 is 5.32 Å². The van der Waals surface area contributed by atoms with Crippen LogP contribution in [0.5, 0.6) is 0 Å². The number of hydrogen-bond donors (Lipinski definition) is 1. The molecule has 0 bridgehead atoms. The lowest BCUT2D eigenvalue weighted by atomic mass is 10.2. The van der Waals surface area contributed by atoms with Gasteiger partial charge >= 0.3 is 0 Å². The Morgan fingerprint density at radius 1 is 1.33 bits per heavy atom. The van der Waals surface area contributed by atoms with E-state index in [-0.39, 0.29) is 0 Å². The van der Waals surface area contributed by atoms with Crippen LogP contribution in [0.2, 0.25) is 0 Å². The molecule has 1 heterocycles. The van der Waals surface area contributed by atoms with Crippen molar-refractivity contribution in [3.05, 3.63) is 42.0 Å². The lowest BCUT2D eigenvalue weighted by Crippen LogP contribution is -1.84. The zero-order valence-corrected chi connectivity index (χ0v) is 7.03. The molecule has 62 valence electrons. The summed E-state index contributed by atoms with van der Waals surface area (Å²) in [6.45, 7) is 1.19. The van der Waals surface area contributed by atoms with Crippen LogP contribution >= 0.6 is 0 Å². The molecular formula is C11H13N. The van der Waals surface area contributed by atoms with Gasteiger partial charge in [0.05, 0.1) is 0 Å². The molecule has 0 radical (unpaired) electrons. The van der Waals surface area contributed by atoms with Crippen molar-refractivity contribution in [1.82, 2.24) is 5.32 Å². The second-order valence-electron chi connectivity index (χ2n) is 3.15. The highest BCUT2D eigenvalue weighted by atomic mass is 15.1. The van der Waals surface area contributed by atoms with Gasteiger partial charge < -0.3 is 5.32 Å². The van der Waals surface area contributed by atoms with Crippen molar-refractivity contribution < 1.29 is 0 Å². The monoisotopic (exact) mass is 159 g/mol. The minimum atomic E-state index is 0.755. The highest BCUT2D eigenvalue weighted by Crippen LogP contribution is 2.06. The molecule has 0 aromatic heterocycles. The fourth-order valence-corrected chi connectivity index (χ4v) is 1.18. The molecule has 0 aliphatic carbocycles. The smallest absolute Gasteiger partial charge is 0.0227 e. The lowest BCUT2D eigenvalue weighted by molar-refractivity contribution is 0.970. The van der Waals surface area contributed by atoms with Gasteiger partial charge in [0.25, 0.3) is 0 Å². The third kappa shape index (κ3) is 2.21. The van der Waals surface area contributed by atoms with E-state index in [0.29, 0.717) is 0 Å².